The predicted molar refractivity (Wildman–Crippen MR) is 82.1 cm³/mol. The highest BCUT2D eigenvalue weighted by Crippen LogP contribution is 2.40. The van der Waals surface area contributed by atoms with E-state index in [-0.39, 0.29) is 10.0 Å². The van der Waals surface area contributed by atoms with E-state index in [2.05, 4.69) is 0 Å². The van der Waals surface area contributed by atoms with Crippen molar-refractivity contribution < 1.29 is 4.79 Å². The summed E-state index contributed by atoms with van der Waals surface area (Å²) in [5.74, 6) is 0. The van der Waals surface area contributed by atoms with Crippen LogP contribution in [0.15, 0.2) is 30.3 Å². The zero-order valence-corrected chi connectivity index (χ0v) is 13.0. The molecule has 19 heavy (non-hydrogen) atoms. The standard InChI is InChI=1S/C13H5Cl5O/c14-9-3-1-6(13(18)19)5-8(9)7-2-4-10(15)12(17)11(7)16/h1-5H. The summed E-state index contributed by atoms with van der Waals surface area (Å²) in [6, 6.07) is 7.96. The van der Waals surface area contributed by atoms with Crippen LogP contribution in [-0.2, 0) is 0 Å². The van der Waals surface area contributed by atoms with Gasteiger partial charge in [-0.3, -0.25) is 4.79 Å². The van der Waals surface area contributed by atoms with Gasteiger partial charge in [-0.25, -0.2) is 0 Å². The smallest absolute Gasteiger partial charge is 0.252 e. The van der Waals surface area contributed by atoms with Crippen LogP contribution in [0.1, 0.15) is 10.4 Å². The van der Waals surface area contributed by atoms with E-state index in [9.17, 15) is 4.79 Å². The molecular formula is C13H5Cl5O. The van der Waals surface area contributed by atoms with E-state index >= 15 is 0 Å². The molecule has 2 rings (SSSR count). The van der Waals surface area contributed by atoms with Crippen LogP contribution in [0.3, 0.4) is 0 Å². The van der Waals surface area contributed by atoms with Crippen molar-refractivity contribution in [1.29, 1.82) is 0 Å². The van der Waals surface area contributed by atoms with Gasteiger partial charge in [0.25, 0.3) is 5.24 Å². The van der Waals surface area contributed by atoms with Crippen LogP contribution >= 0.6 is 58.0 Å². The van der Waals surface area contributed by atoms with Crippen LogP contribution in [0.5, 0.6) is 0 Å². The van der Waals surface area contributed by atoms with Gasteiger partial charge in [-0.1, -0.05) is 52.5 Å². The number of benzene rings is 2. The van der Waals surface area contributed by atoms with Crippen molar-refractivity contribution in [3.05, 3.63) is 56.0 Å². The Hall–Kier alpha value is -0.440. The average molecular weight is 354 g/mol. The molecule has 0 radical (unpaired) electrons. The molecule has 0 fully saturated rings. The van der Waals surface area contributed by atoms with Gasteiger partial charge in [-0.05, 0) is 35.9 Å². The van der Waals surface area contributed by atoms with E-state index in [0.717, 1.165) is 0 Å². The Labute approximate surface area is 135 Å². The Bertz CT molecular complexity index is 666. The molecule has 0 aliphatic rings. The lowest BCUT2D eigenvalue weighted by atomic mass is 10.0. The quantitative estimate of drug-likeness (QED) is 0.454. The molecule has 0 aliphatic heterocycles. The third-order valence-electron chi connectivity index (χ3n) is 2.52. The minimum atomic E-state index is -0.575. The van der Waals surface area contributed by atoms with E-state index in [0.29, 0.717) is 26.7 Å². The van der Waals surface area contributed by atoms with Crippen LogP contribution in [0, 0.1) is 0 Å². The first kappa shape index (κ1) is 15.0. The highest BCUT2D eigenvalue weighted by Gasteiger charge is 2.14. The first-order valence-corrected chi connectivity index (χ1v) is 6.94. The number of carbonyl (C=O) groups excluding carboxylic acids is 1. The average Bonchev–Trinajstić information content (AvgIpc) is 2.37. The molecule has 0 saturated carbocycles. The second-order valence-corrected chi connectivity index (χ2v) is 5.60. The first-order chi connectivity index (χ1) is 8.91. The first-order valence-electron chi connectivity index (χ1n) is 5.05. The molecule has 0 heterocycles. The van der Waals surface area contributed by atoms with Crippen LogP contribution < -0.4 is 0 Å². The highest BCUT2D eigenvalue weighted by atomic mass is 35.5. The van der Waals surface area contributed by atoms with Crippen molar-refractivity contribution in [2.24, 2.45) is 0 Å². The lowest BCUT2D eigenvalue weighted by Gasteiger charge is -2.10. The van der Waals surface area contributed by atoms with Gasteiger partial charge in [0.1, 0.15) is 0 Å². The van der Waals surface area contributed by atoms with Gasteiger partial charge in [0.15, 0.2) is 0 Å². The Morgan fingerprint density at radius 2 is 1.42 bits per heavy atom. The van der Waals surface area contributed by atoms with Crippen molar-refractivity contribution in [2.75, 3.05) is 0 Å². The maximum Gasteiger partial charge on any atom is 0.252 e. The molecule has 1 nitrogen and oxygen atoms in total. The highest BCUT2D eigenvalue weighted by molar-refractivity contribution is 6.67. The Morgan fingerprint density at radius 1 is 0.789 bits per heavy atom. The van der Waals surface area contributed by atoms with E-state index in [4.69, 9.17) is 58.0 Å². The fourth-order valence-electron chi connectivity index (χ4n) is 1.59. The van der Waals surface area contributed by atoms with Gasteiger partial charge in [0.2, 0.25) is 0 Å². The molecular weight excluding hydrogens is 349 g/mol. The third-order valence-corrected chi connectivity index (χ3v) is 4.36. The number of hydrogen-bond donors (Lipinski definition) is 0. The number of halogens is 5. The summed E-state index contributed by atoms with van der Waals surface area (Å²) in [4.78, 5) is 11.2. The Balaban J connectivity index is 2.68. The molecule has 0 N–H and O–H groups in total. The molecule has 0 aromatic heterocycles. The summed E-state index contributed by atoms with van der Waals surface area (Å²) in [5.41, 5.74) is 1.47. The Kier molecular flexibility index (Phi) is 4.65. The molecule has 0 unspecified atom stereocenters. The van der Waals surface area contributed by atoms with Crippen molar-refractivity contribution in [1.82, 2.24) is 0 Å². The molecule has 0 spiro atoms. The normalized spacial score (nSPS) is 10.6. The summed E-state index contributed by atoms with van der Waals surface area (Å²) in [7, 11) is 0. The maximum atomic E-state index is 11.2. The molecule has 2 aromatic carbocycles. The molecule has 2 aromatic rings. The fourth-order valence-corrected chi connectivity index (χ4v) is 2.56. The topological polar surface area (TPSA) is 17.1 Å². The van der Waals surface area contributed by atoms with Gasteiger partial charge < -0.3 is 0 Å². The second kappa shape index (κ2) is 5.90. The molecule has 0 amide bonds. The number of hydrogen-bond acceptors (Lipinski definition) is 1. The SMILES string of the molecule is O=C(Cl)c1ccc(Cl)c(-c2ccc(Cl)c(Cl)c2Cl)c1. The van der Waals surface area contributed by atoms with Crippen molar-refractivity contribution in [2.45, 2.75) is 0 Å². The molecule has 98 valence electrons. The van der Waals surface area contributed by atoms with E-state index < -0.39 is 5.24 Å². The van der Waals surface area contributed by atoms with Crippen molar-refractivity contribution in [3.63, 3.8) is 0 Å². The Morgan fingerprint density at radius 3 is 2.05 bits per heavy atom. The van der Waals surface area contributed by atoms with Crippen LogP contribution in [-0.4, -0.2) is 5.24 Å². The van der Waals surface area contributed by atoms with E-state index in [1.165, 1.54) is 6.07 Å². The van der Waals surface area contributed by atoms with Gasteiger partial charge in [-0.2, -0.15) is 0 Å². The molecule has 0 atom stereocenters. The summed E-state index contributed by atoms with van der Waals surface area (Å²) in [6.07, 6.45) is 0. The van der Waals surface area contributed by atoms with Crippen molar-refractivity contribution >= 4 is 63.2 Å². The number of rotatable bonds is 2. The minimum Gasteiger partial charge on any atom is -0.276 e. The molecule has 6 heteroatoms. The maximum absolute atomic E-state index is 11.2. The predicted octanol–water partition coefficient (Wildman–Crippen LogP) is 6.35. The summed E-state index contributed by atoms with van der Waals surface area (Å²) in [6.45, 7) is 0. The summed E-state index contributed by atoms with van der Waals surface area (Å²) >= 11 is 29.6. The second-order valence-electron chi connectivity index (χ2n) is 3.69. The lowest BCUT2D eigenvalue weighted by Crippen LogP contribution is -1.91. The third kappa shape index (κ3) is 3.01. The molecule has 0 bridgehead atoms. The van der Waals surface area contributed by atoms with Gasteiger partial charge in [0.05, 0.1) is 15.1 Å². The van der Waals surface area contributed by atoms with E-state index in [1.54, 1.807) is 24.3 Å². The van der Waals surface area contributed by atoms with Crippen molar-refractivity contribution in [3.8, 4) is 11.1 Å². The van der Waals surface area contributed by atoms with E-state index in [1.807, 2.05) is 0 Å². The van der Waals surface area contributed by atoms with Gasteiger partial charge in [-0.15, -0.1) is 0 Å². The zero-order valence-electron chi connectivity index (χ0n) is 9.18. The largest absolute Gasteiger partial charge is 0.276 e. The zero-order chi connectivity index (χ0) is 14.2. The monoisotopic (exact) mass is 352 g/mol. The summed E-state index contributed by atoms with van der Waals surface area (Å²) in [5, 5.41) is 0.710. The van der Waals surface area contributed by atoms with Crippen LogP contribution in [0.4, 0.5) is 0 Å². The number of carbonyl (C=O) groups is 1. The van der Waals surface area contributed by atoms with Gasteiger partial charge >= 0.3 is 0 Å². The summed E-state index contributed by atoms with van der Waals surface area (Å²) < 4.78 is 0. The lowest BCUT2D eigenvalue weighted by molar-refractivity contribution is 0.108. The van der Waals surface area contributed by atoms with Crippen LogP contribution in [0.2, 0.25) is 20.1 Å². The van der Waals surface area contributed by atoms with Gasteiger partial charge in [0, 0.05) is 21.7 Å². The van der Waals surface area contributed by atoms with Crippen LogP contribution in [0.25, 0.3) is 11.1 Å². The molecule has 0 saturated heterocycles. The minimum absolute atomic E-state index is 0.236. The fraction of sp³-hybridized carbons (Fsp3) is 0. The molecule has 0 aliphatic carbocycles.